The lowest BCUT2D eigenvalue weighted by Crippen LogP contribution is -2.25. The highest BCUT2D eigenvalue weighted by molar-refractivity contribution is 5.93. The van der Waals surface area contributed by atoms with Crippen LogP contribution in [0.4, 0.5) is 5.69 Å². The smallest absolute Gasteiger partial charge is 0.337 e. The lowest BCUT2D eigenvalue weighted by Gasteiger charge is -2.19. The van der Waals surface area contributed by atoms with Gasteiger partial charge in [0.1, 0.15) is 0 Å². The second-order valence-corrected chi connectivity index (χ2v) is 4.98. The number of fused-ring (bicyclic) bond motifs is 2. The van der Waals surface area contributed by atoms with E-state index in [-0.39, 0.29) is 5.56 Å². The predicted octanol–water partition coefficient (Wildman–Crippen LogP) is 1.76. The number of nitrogens with one attached hydrogen (secondary N) is 1. The first kappa shape index (κ1) is 11.5. The Hall–Kier alpha value is -1.62. The van der Waals surface area contributed by atoms with Gasteiger partial charge in [-0.25, -0.2) is 4.79 Å². The Morgan fingerprint density at radius 3 is 3.11 bits per heavy atom. The molecule has 3 heterocycles. The fraction of sp³-hybridized carbons (Fsp3) is 0.538. The van der Waals surface area contributed by atoms with Crippen LogP contribution in [0.2, 0.25) is 0 Å². The summed E-state index contributed by atoms with van der Waals surface area (Å²) in [4.78, 5) is 15.0. The first-order valence-corrected chi connectivity index (χ1v) is 6.30. The predicted molar refractivity (Wildman–Crippen MR) is 65.7 cm³/mol. The number of anilines is 1. The molecule has 2 fully saturated rings. The maximum Gasteiger partial charge on any atom is 0.337 e. The fourth-order valence-electron chi connectivity index (χ4n) is 2.92. The molecule has 96 valence electrons. The lowest BCUT2D eigenvalue weighted by atomic mass is 9.89. The van der Waals surface area contributed by atoms with E-state index >= 15 is 0 Å². The maximum absolute atomic E-state index is 11.1. The highest BCUT2D eigenvalue weighted by Gasteiger charge is 2.40. The normalized spacial score (nSPS) is 29.4. The zero-order chi connectivity index (χ0) is 12.5. The van der Waals surface area contributed by atoms with Crippen molar-refractivity contribution in [3.63, 3.8) is 0 Å². The minimum absolute atomic E-state index is 0.272. The molecule has 2 aliphatic heterocycles. The van der Waals surface area contributed by atoms with Gasteiger partial charge < -0.3 is 15.2 Å². The summed E-state index contributed by atoms with van der Waals surface area (Å²) >= 11 is 0. The summed E-state index contributed by atoms with van der Waals surface area (Å²) in [6.07, 6.45) is 7.24. The van der Waals surface area contributed by atoms with Crippen molar-refractivity contribution in [2.75, 3.05) is 11.9 Å². The third kappa shape index (κ3) is 2.06. The summed E-state index contributed by atoms with van der Waals surface area (Å²) in [6, 6.07) is 1.52. The average molecular weight is 248 g/mol. The molecule has 0 radical (unpaired) electrons. The van der Waals surface area contributed by atoms with Crippen LogP contribution in [-0.4, -0.2) is 34.8 Å². The van der Waals surface area contributed by atoms with Crippen molar-refractivity contribution in [3.05, 3.63) is 24.0 Å². The molecule has 2 saturated heterocycles. The number of carbonyl (C=O) groups is 1. The molecule has 5 nitrogen and oxygen atoms in total. The van der Waals surface area contributed by atoms with Gasteiger partial charge in [-0.2, -0.15) is 0 Å². The molecule has 0 amide bonds. The summed E-state index contributed by atoms with van der Waals surface area (Å²) in [5.74, 6) is -0.435. The van der Waals surface area contributed by atoms with Crippen molar-refractivity contribution < 1.29 is 14.6 Å². The largest absolute Gasteiger partial charge is 0.478 e. The minimum Gasteiger partial charge on any atom is -0.478 e. The number of aromatic carboxylic acids is 1. The molecule has 0 spiro atoms. The van der Waals surface area contributed by atoms with Crippen molar-refractivity contribution in [1.82, 2.24) is 4.98 Å². The third-order valence-corrected chi connectivity index (χ3v) is 3.84. The number of carboxylic acid groups (broad SMARTS) is 1. The molecule has 1 aromatic heterocycles. The van der Waals surface area contributed by atoms with E-state index < -0.39 is 5.97 Å². The average Bonchev–Trinajstić information content (AvgIpc) is 2.98. The highest BCUT2D eigenvalue weighted by atomic mass is 16.5. The van der Waals surface area contributed by atoms with Gasteiger partial charge in [0.2, 0.25) is 0 Å². The van der Waals surface area contributed by atoms with Gasteiger partial charge in [0, 0.05) is 18.7 Å². The van der Waals surface area contributed by atoms with Crippen LogP contribution in [0.1, 0.15) is 29.6 Å². The molecule has 0 aromatic carbocycles. The Morgan fingerprint density at radius 2 is 2.44 bits per heavy atom. The Morgan fingerprint density at radius 1 is 1.56 bits per heavy atom. The molecule has 18 heavy (non-hydrogen) atoms. The molecule has 2 bridgehead atoms. The Bertz CT molecular complexity index is 463. The SMILES string of the molecule is O=C(O)c1ccncc1NCC1CC2CCC1O2. The highest BCUT2D eigenvalue weighted by Crippen LogP contribution is 2.38. The number of carboxylic acids is 1. The van der Waals surface area contributed by atoms with E-state index in [4.69, 9.17) is 9.84 Å². The van der Waals surface area contributed by atoms with Crippen molar-refractivity contribution in [1.29, 1.82) is 0 Å². The van der Waals surface area contributed by atoms with Crippen LogP contribution in [0.15, 0.2) is 18.5 Å². The second kappa shape index (κ2) is 4.57. The number of hydrogen-bond acceptors (Lipinski definition) is 4. The van der Waals surface area contributed by atoms with Crippen molar-refractivity contribution in [3.8, 4) is 0 Å². The Kier molecular flexibility index (Phi) is 2.91. The van der Waals surface area contributed by atoms with Crippen molar-refractivity contribution in [2.24, 2.45) is 5.92 Å². The van der Waals surface area contributed by atoms with Gasteiger partial charge in [0.25, 0.3) is 0 Å². The molecule has 0 aliphatic carbocycles. The minimum atomic E-state index is -0.927. The van der Waals surface area contributed by atoms with Crippen LogP contribution in [0.5, 0.6) is 0 Å². The second-order valence-electron chi connectivity index (χ2n) is 4.98. The quantitative estimate of drug-likeness (QED) is 0.849. The standard InChI is InChI=1S/C13H16N2O3/c16-13(17)10-3-4-14-7-11(10)15-6-8-5-9-1-2-12(8)18-9/h3-4,7-9,12,15H,1-2,5-6H2,(H,16,17). The number of rotatable bonds is 4. The van der Waals surface area contributed by atoms with Gasteiger partial charge in [0.05, 0.1) is 29.7 Å². The number of aromatic nitrogens is 1. The van der Waals surface area contributed by atoms with E-state index in [0.29, 0.717) is 23.8 Å². The van der Waals surface area contributed by atoms with Crippen LogP contribution in [0.25, 0.3) is 0 Å². The van der Waals surface area contributed by atoms with Gasteiger partial charge >= 0.3 is 5.97 Å². The van der Waals surface area contributed by atoms with Crippen LogP contribution < -0.4 is 5.32 Å². The van der Waals surface area contributed by atoms with Gasteiger partial charge in [-0.1, -0.05) is 0 Å². The summed E-state index contributed by atoms with van der Waals surface area (Å²) in [7, 11) is 0. The zero-order valence-corrected chi connectivity index (χ0v) is 10.0. The molecule has 2 N–H and O–H groups in total. The van der Waals surface area contributed by atoms with Gasteiger partial charge in [-0.3, -0.25) is 4.98 Å². The van der Waals surface area contributed by atoms with Crippen molar-refractivity contribution in [2.45, 2.75) is 31.5 Å². The van der Waals surface area contributed by atoms with Gasteiger partial charge in [-0.15, -0.1) is 0 Å². The molecule has 1 aromatic rings. The summed E-state index contributed by atoms with van der Waals surface area (Å²) in [6.45, 7) is 0.757. The molecular weight excluding hydrogens is 232 g/mol. The molecular formula is C13H16N2O3. The van der Waals surface area contributed by atoms with E-state index in [1.54, 1.807) is 6.20 Å². The van der Waals surface area contributed by atoms with Crippen LogP contribution in [0, 0.1) is 5.92 Å². The zero-order valence-electron chi connectivity index (χ0n) is 10.0. The molecule has 5 heteroatoms. The number of nitrogens with zero attached hydrogens (tertiary/aromatic N) is 1. The van der Waals surface area contributed by atoms with E-state index in [0.717, 1.165) is 19.4 Å². The van der Waals surface area contributed by atoms with Crippen LogP contribution in [0.3, 0.4) is 0 Å². The Balaban J connectivity index is 1.65. The number of hydrogen-bond donors (Lipinski definition) is 2. The van der Waals surface area contributed by atoms with E-state index in [1.807, 2.05) is 0 Å². The molecule has 3 rings (SSSR count). The lowest BCUT2D eigenvalue weighted by molar-refractivity contribution is 0.0698. The summed E-state index contributed by atoms with van der Waals surface area (Å²) in [5.41, 5.74) is 0.863. The number of pyridine rings is 1. The first-order chi connectivity index (χ1) is 8.74. The molecule has 3 atom stereocenters. The van der Waals surface area contributed by atoms with Gasteiger partial charge in [0.15, 0.2) is 0 Å². The topological polar surface area (TPSA) is 71.5 Å². The monoisotopic (exact) mass is 248 g/mol. The van der Waals surface area contributed by atoms with E-state index in [2.05, 4.69) is 10.3 Å². The molecule has 3 unspecified atom stereocenters. The number of ether oxygens (including phenoxy) is 1. The van der Waals surface area contributed by atoms with Crippen molar-refractivity contribution >= 4 is 11.7 Å². The third-order valence-electron chi connectivity index (χ3n) is 3.84. The summed E-state index contributed by atoms with van der Waals surface area (Å²) in [5, 5.41) is 12.3. The molecule has 2 aliphatic rings. The molecule has 0 saturated carbocycles. The van der Waals surface area contributed by atoms with Crippen LogP contribution in [-0.2, 0) is 4.74 Å². The summed E-state index contributed by atoms with van der Waals surface area (Å²) < 4.78 is 5.78. The maximum atomic E-state index is 11.1. The van der Waals surface area contributed by atoms with Crippen LogP contribution >= 0.6 is 0 Å². The van der Waals surface area contributed by atoms with E-state index in [9.17, 15) is 4.79 Å². The van der Waals surface area contributed by atoms with Gasteiger partial charge in [-0.05, 0) is 25.3 Å². The van der Waals surface area contributed by atoms with E-state index in [1.165, 1.54) is 18.7 Å². The fourth-order valence-corrected chi connectivity index (χ4v) is 2.92. The Labute approximate surface area is 105 Å². The first-order valence-electron chi connectivity index (χ1n) is 6.30.